The Hall–Kier alpha value is -1.68. The average molecular weight is 233 g/mol. The number of pyridine rings is 1. The smallest absolute Gasteiger partial charge is 0.184 e. The summed E-state index contributed by atoms with van der Waals surface area (Å²) in [5.74, 6) is -0.0668. The maximum absolute atomic E-state index is 11.9. The van der Waals surface area contributed by atoms with Gasteiger partial charge in [-0.2, -0.15) is 0 Å². The van der Waals surface area contributed by atoms with Crippen LogP contribution in [0.5, 0.6) is 0 Å². The third-order valence-electron chi connectivity index (χ3n) is 2.30. The fraction of sp³-hybridized carbons (Fsp3) is 0.0833. The molecule has 0 N–H and O–H groups in total. The van der Waals surface area contributed by atoms with Crippen LogP contribution in [-0.2, 0) is 9.84 Å². The number of hydrogen-bond acceptors (Lipinski definition) is 3. The van der Waals surface area contributed by atoms with Crippen molar-refractivity contribution in [3.05, 3.63) is 49.3 Å². The number of nitrogens with zero attached hydrogens (tertiary/aromatic N) is 1. The quantitative estimate of drug-likeness (QED) is 0.763. The zero-order chi connectivity index (χ0) is 11.6. The van der Waals surface area contributed by atoms with Crippen molar-refractivity contribution < 1.29 is 8.42 Å². The molecule has 0 fully saturated rings. The van der Waals surface area contributed by atoms with Gasteiger partial charge >= 0.3 is 0 Å². The largest absolute Gasteiger partial charge is 0.263 e. The topological polar surface area (TPSA) is 47.0 Å². The highest BCUT2D eigenvalue weighted by atomic mass is 32.2. The molecule has 0 saturated heterocycles. The molecule has 0 radical (unpaired) electrons. The van der Waals surface area contributed by atoms with E-state index in [0.717, 1.165) is 5.39 Å². The molecule has 16 heavy (non-hydrogen) atoms. The summed E-state index contributed by atoms with van der Waals surface area (Å²) in [6.07, 6.45) is 4.43. The predicted molar refractivity (Wildman–Crippen MR) is 64.0 cm³/mol. The highest BCUT2D eigenvalue weighted by molar-refractivity contribution is 7.91. The lowest BCUT2D eigenvalue weighted by Crippen LogP contribution is -2.05. The molecule has 0 atom stereocenters. The van der Waals surface area contributed by atoms with Crippen molar-refractivity contribution in [2.45, 2.75) is 4.90 Å². The number of fused-ring (bicyclic) bond motifs is 1. The lowest BCUT2D eigenvalue weighted by molar-refractivity contribution is 0.599. The Bertz CT molecular complexity index is 627. The summed E-state index contributed by atoms with van der Waals surface area (Å²) in [7, 11) is -3.32. The van der Waals surface area contributed by atoms with Crippen molar-refractivity contribution in [2.24, 2.45) is 0 Å². The van der Waals surface area contributed by atoms with E-state index in [-0.39, 0.29) is 10.6 Å². The van der Waals surface area contributed by atoms with Crippen LogP contribution in [0.4, 0.5) is 0 Å². The summed E-state index contributed by atoms with van der Waals surface area (Å²) in [6.45, 7) is 3.45. The van der Waals surface area contributed by atoms with Crippen LogP contribution in [-0.4, -0.2) is 19.2 Å². The highest BCUT2D eigenvalue weighted by Crippen LogP contribution is 2.22. The summed E-state index contributed by atoms with van der Waals surface area (Å²) in [6, 6.07) is 7.30. The van der Waals surface area contributed by atoms with Crippen molar-refractivity contribution in [1.82, 2.24) is 4.98 Å². The molecule has 1 heterocycles. The van der Waals surface area contributed by atoms with E-state index in [1.165, 1.54) is 12.3 Å². The van der Waals surface area contributed by atoms with E-state index in [2.05, 4.69) is 11.6 Å². The summed E-state index contributed by atoms with van der Waals surface area (Å²) >= 11 is 0. The van der Waals surface area contributed by atoms with E-state index in [4.69, 9.17) is 0 Å². The third-order valence-corrected chi connectivity index (χ3v) is 3.97. The van der Waals surface area contributed by atoms with Gasteiger partial charge in [0.25, 0.3) is 0 Å². The first-order valence-electron chi connectivity index (χ1n) is 4.81. The van der Waals surface area contributed by atoms with Crippen LogP contribution in [0.15, 0.2) is 54.2 Å². The zero-order valence-corrected chi connectivity index (χ0v) is 9.44. The molecule has 0 bridgehead atoms. The summed E-state index contributed by atoms with van der Waals surface area (Å²) in [5.41, 5.74) is 0. The molecule has 0 aliphatic rings. The van der Waals surface area contributed by atoms with Gasteiger partial charge in [0.2, 0.25) is 0 Å². The van der Waals surface area contributed by atoms with Crippen molar-refractivity contribution >= 4 is 20.6 Å². The SMILES string of the molecule is C=CCS(=O)(=O)c1cncc2ccccc12. The van der Waals surface area contributed by atoms with Crippen molar-refractivity contribution in [3.63, 3.8) is 0 Å². The lowest BCUT2D eigenvalue weighted by Gasteiger charge is -2.05. The second-order valence-corrected chi connectivity index (χ2v) is 5.43. The molecule has 0 amide bonds. The maximum atomic E-state index is 11.9. The number of sulfone groups is 1. The van der Waals surface area contributed by atoms with Gasteiger partial charge in [-0.15, -0.1) is 6.58 Å². The Kier molecular flexibility index (Phi) is 2.75. The van der Waals surface area contributed by atoms with Crippen molar-refractivity contribution in [2.75, 3.05) is 5.75 Å². The van der Waals surface area contributed by atoms with E-state index in [1.807, 2.05) is 18.2 Å². The first-order chi connectivity index (χ1) is 7.65. The highest BCUT2D eigenvalue weighted by Gasteiger charge is 2.15. The molecule has 3 nitrogen and oxygen atoms in total. The van der Waals surface area contributed by atoms with Gasteiger partial charge in [0.15, 0.2) is 9.84 Å². The molecule has 0 saturated carbocycles. The molecule has 1 aromatic heterocycles. The molecule has 0 spiro atoms. The van der Waals surface area contributed by atoms with Crippen LogP contribution in [0, 0.1) is 0 Å². The number of aromatic nitrogens is 1. The second kappa shape index (κ2) is 4.06. The fourth-order valence-electron chi connectivity index (χ4n) is 1.58. The first-order valence-corrected chi connectivity index (χ1v) is 6.47. The molecule has 0 aliphatic carbocycles. The van der Waals surface area contributed by atoms with Crippen LogP contribution in [0.1, 0.15) is 0 Å². The number of hydrogen-bond donors (Lipinski definition) is 0. The monoisotopic (exact) mass is 233 g/mol. The Morgan fingerprint density at radius 1 is 1.25 bits per heavy atom. The van der Waals surface area contributed by atoms with Crippen LogP contribution in [0.2, 0.25) is 0 Å². The Balaban J connectivity index is 2.75. The minimum atomic E-state index is -3.32. The molecule has 0 unspecified atom stereocenters. The summed E-state index contributed by atoms with van der Waals surface area (Å²) < 4.78 is 23.9. The first kappa shape index (κ1) is 10.8. The van der Waals surface area contributed by atoms with Crippen LogP contribution < -0.4 is 0 Å². The van der Waals surface area contributed by atoms with Gasteiger partial charge in [0, 0.05) is 23.2 Å². The predicted octanol–water partition coefficient (Wildman–Crippen LogP) is 2.19. The van der Waals surface area contributed by atoms with E-state index >= 15 is 0 Å². The van der Waals surface area contributed by atoms with Crippen molar-refractivity contribution in [1.29, 1.82) is 0 Å². The minimum Gasteiger partial charge on any atom is -0.263 e. The Morgan fingerprint density at radius 2 is 2.00 bits per heavy atom. The Labute approximate surface area is 94.4 Å². The molecular formula is C12H11NO2S. The lowest BCUT2D eigenvalue weighted by atomic mass is 10.2. The van der Waals surface area contributed by atoms with Gasteiger partial charge in [-0.1, -0.05) is 30.3 Å². The molecule has 82 valence electrons. The van der Waals surface area contributed by atoms with Gasteiger partial charge < -0.3 is 0 Å². The maximum Gasteiger partial charge on any atom is 0.184 e. The molecule has 2 rings (SSSR count). The molecule has 2 aromatic rings. The molecule has 0 aliphatic heterocycles. The minimum absolute atomic E-state index is 0.0668. The van der Waals surface area contributed by atoms with Gasteiger partial charge in [-0.25, -0.2) is 8.42 Å². The van der Waals surface area contributed by atoms with Crippen LogP contribution in [0.25, 0.3) is 10.8 Å². The molecule has 1 aromatic carbocycles. The van der Waals surface area contributed by atoms with Gasteiger partial charge in [0.1, 0.15) is 0 Å². The average Bonchev–Trinajstić information content (AvgIpc) is 2.28. The van der Waals surface area contributed by atoms with Crippen LogP contribution in [0.3, 0.4) is 0 Å². The molecule has 4 heteroatoms. The van der Waals surface area contributed by atoms with Gasteiger partial charge in [-0.05, 0) is 0 Å². The standard InChI is InChI=1S/C12H11NO2S/c1-2-7-16(14,15)12-9-13-8-10-5-3-4-6-11(10)12/h2-6,8-9H,1,7H2. The second-order valence-electron chi connectivity index (χ2n) is 3.43. The number of rotatable bonds is 3. The van der Waals surface area contributed by atoms with E-state index in [0.29, 0.717) is 5.39 Å². The summed E-state index contributed by atoms with van der Waals surface area (Å²) in [5, 5.41) is 1.53. The summed E-state index contributed by atoms with van der Waals surface area (Å²) in [4.78, 5) is 4.22. The van der Waals surface area contributed by atoms with Gasteiger partial charge in [0.05, 0.1) is 10.6 Å². The third kappa shape index (κ3) is 1.84. The van der Waals surface area contributed by atoms with E-state index in [9.17, 15) is 8.42 Å². The molecular weight excluding hydrogens is 222 g/mol. The van der Waals surface area contributed by atoms with Gasteiger partial charge in [-0.3, -0.25) is 4.98 Å². The van der Waals surface area contributed by atoms with Crippen molar-refractivity contribution in [3.8, 4) is 0 Å². The fourth-order valence-corrected chi connectivity index (χ4v) is 2.81. The van der Waals surface area contributed by atoms with Crippen LogP contribution >= 0.6 is 0 Å². The Morgan fingerprint density at radius 3 is 2.75 bits per heavy atom. The van der Waals surface area contributed by atoms with E-state index in [1.54, 1.807) is 12.3 Å². The zero-order valence-electron chi connectivity index (χ0n) is 8.63. The normalized spacial score (nSPS) is 11.5. The van der Waals surface area contributed by atoms with E-state index < -0.39 is 9.84 Å². The number of benzene rings is 1.